The molecule has 4 heteroatoms. The summed E-state index contributed by atoms with van der Waals surface area (Å²) in [4.78, 5) is 9.18. The minimum Gasteiger partial charge on any atom is -0.326 e. The van der Waals surface area contributed by atoms with Gasteiger partial charge >= 0.3 is 0 Å². The zero-order chi connectivity index (χ0) is 14.7. The first kappa shape index (κ1) is 14.2. The quantitative estimate of drug-likeness (QED) is 0.910. The maximum atomic E-state index is 5.78. The smallest absolute Gasteiger partial charge is 0.155 e. The molecule has 2 aromatic carbocycles. The lowest BCUT2D eigenvalue weighted by molar-refractivity contribution is 0.879. The lowest BCUT2D eigenvalue weighted by Crippen LogP contribution is -2.08. The van der Waals surface area contributed by atoms with Crippen molar-refractivity contribution in [3.05, 3.63) is 69.7 Å². The second-order valence-electron chi connectivity index (χ2n) is 4.99. The van der Waals surface area contributed by atoms with Gasteiger partial charge in [0.15, 0.2) is 5.84 Å². The molecule has 0 bridgehead atoms. The number of nitrogens with zero attached hydrogens (tertiary/aromatic N) is 2. The summed E-state index contributed by atoms with van der Waals surface area (Å²) in [5.41, 5.74) is 9.15. The van der Waals surface area contributed by atoms with Gasteiger partial charge in [0.05, 0.1) is 6.04 Å². The van der Waals surface area contributed by atoms with Crippen LogP contribution in [0.3, 0.4) is 0 Å². The Bertz CT molecular complexity index is 689. The van der Waals surface area contributed by atoms with Crippen LogP contribution in [0.4, 0.5) is 0 Å². The van der Waals surface area contributed by atoms with Crippen LogP contribution in [0, 0.1) is 0 Å². The van der Waals surface area contributed by atoms with Crippen LogP contribution in [0.1, 0.15) is 16.7 Å². The lowest BCUT2D eigenvalue weighted by atomic mass is 10.1. The molecule has 1 aliphatic rings. The first-order chi connectivity index (χ1) is 10.3. The average Bonchev–Trinajstić information content (AvgIpc) is 2.98. The molecule has 0 aliphatic carbocycles. The van der Waals surface area contributed by atoms with Gasteiger partial charge in [-0.1, -0.05) is 52.3 Å². The van der Waals surface area contributed by atoms with Gasteiger partial charge in [-0.2, -0.15) is 0 Å². The Morgan fingerprint density at radius 2 is 1.81 bits per heavy atom. The first-order valence-electron chi connectivity index (χ1n) is 6.91. The Balaban J connectivity index is 1.78. The molecule has 0 saturated heterocycles. The van der Waals surface area contributed by atoms with Crippen LogP contribution in [-0.2, 0) is 13.0 Å². The predicted octanol–water partition coefficient (Wildman–Crippen LogP) is 3.35. The van der Waals surface area contributed by atoms with Crippen molar-refractivity contribution >= 4 is 28.0 Å². The largest absolute Gasteiger partial charge is 0.326 e. The Morgan fingerprint density at radius 3 is 2.57 bits per heavy atom. The van der Waals surface area contributed by atoms with Gasteiger partial charge < -0.3 is 5.73 Å². The number of aliphatic imine (C=N–C) groups is 2. The summed E-state index contributed by atoms with van der Waals surface area (Å²) in [5, 5.41) is 0. The van der Waals surface area contributed by atoms with E-state index in [1.54, 1.807) is 0 Å². The molecule has 0 saturated carbocycles. The molecular weight excluding hydrogens is 326 g/mol. The fraction of sp³-hybridized carbons (Fsp3) is 0.176. The number of rotatable bonds is 4. The van der Waals surface area contributed by atoms with Crippen molar-refractivity contribution in [3.8, 4) is 0 Å². The maximum absolute atomic E-state index is 5.78. The lowest BCUT2D eigenvalue weighted by Gasteiger charge is -2.06. The van der Waals surface area contributed by atoms with E-state index in [4.69, 9.17) is 10.7 Å². The highest BCUT2D eigenvalue weighted by Crippen LogP contribution is 2.17. The fourth-order valence-electron chi connectivity index (χ4n) is 2.40. The van der Waals surface area contributed by atoms with Crippen LogP contribution >= 0.6 is 15.9 Å². The molecule has 0 amide bonds. The Morgan fingerprint density at radius 1 is 1.05 bits per heavy atom. The van der Waals surface area contributed by atoms with Crippen molar-refractivity contribution < 1.29 is 0 Å². The van der Waals surface area contributed by atoms with Gasteiger partial charge in [0.1, 0.15) is 0 Å². The van der Waals surface area contributed by atoms with Crippen molar-refractivity contribution in [2.24, 2.45) is 15.7 Å². The maximum Gasteiger partial charge on any atom is 0.155 e. The molecule has 1 unspecified atom stereocenters. The monoisotopic (exact) mass is 341 g/mol. The van der Waals surface area contributed by atoms with Crippen LogP contribution in [-0.4, -0.2) is 18.1 Å². The standard InChI is InChI=1S/C17H16BrN3/c18-14-7-5-12(6-8-14)9-15-11-20-17(21-15)16-4-2-1-3-13(16)10-19/h1-8,11,15H,9-10,19H2. The summed E-state index contributed by atoms with van der Waals surface area (Å²) in [7, 11) is 0. The predicted molar refractivity (Wildman–Crippen MR) is 91.0 cm³/mol. The molecule has 3 rings (SSSR count). The highest BCUT2D eigenvalue weighted by molar-refractivity contribution is 9.10. The number of hydrogen-bond acceptors (Lipinski definition) is 3. The molecule has 0 fully saturated rings. The van der Waals surface area contributed by atoms with E-state index in [2.05, 4.69) is 45.2 Å². The van der Waals surface area contributed by atoms with Gasteiger partial charge in [0.2, 0.25) is 0 Å². The normalized spacial score (nSPS) is 17.0. The van der Waals surface area contributed by atoms with Gasteiger partial charge in [-0.3, -0.25) is 4.99 Å². The van der Waals surface area contributed by atoms with Gasteiger partial charge in [0, 0.05) is 22.8 Å². The zero-order valence-electron chi connectivity index (χ0n) is 11.5. The number of benzene rings is 2. The zero-order valence-corrected chi connectivity index (χ0v) is 13.1. The summed E-state index contributed by atoms with van der Waals surface area (Å²) in [5.74, 6) is 0.790. The van der Waals surface area contributed by atoms with E-state index in [0.717, 1.165) is 27.9 Å². The molecule has 0 aromatic heterocycles. The van der Waals surface area contributed by atoms with Gasteiger partial charge in [-0.25, -0.2) is 4.99 Å². The minimum atomic E-state index is 0.104. The highest BCUT2D eigenvalue weighted by atomic mass is 79.9. The van der Waals surface area contributed by atoms with Crippen LogP contribution < -0.4 is 5.73 Å². The summed E-state index contributed by atoms with van der Waals surface area (Å²) in [6.07, 6.45) is 2.79. The third-order valence-electron chi connectivity index (χ3n) is 3.49. The van der Waals surface area contributed by atoms with Crippen molar-refractivity contribution in [2.75, 3.05) is 0 Å². The molecule has 1 heterocycles. The highest BCUT2D eigenvalue weighted by Gasteiger charge is 2.16. The molecule has 2 aromatic rings. The third kappa shape index (κ3) is 3.28. The van der Waals surface area contributed by atoms with Gasteiger partial charge in [-0.05, 0) is 29.7 Å². The Hall–Kier alpha value is -1.78. The van der Waals surface area contributed by atoms with Crippen LogP contribution in [0.2, 0.25) is 0 Å². The van der Waals surface area contributed by atoms with E-state index in [9.17, 15) is 0 Å². The number of halogens is 1. The Labute approximate surface area is 132 Å². The fourth-order valence-corrected chi connectivity index (χ4v) is 2.66. The molecule has 1 atom stereocenters. The van der Waals surface area contributed by atoms with E-state index in [0.29, 0.717) is 6.54 Å². The topological polar surface area (TPSA) is 50.7 Å². The number of amidine groups is 1. The van der Waals surface area contributed by atoms with Crippen molar-refractivity contribution in [1.82, 2.24) is 0 Å². The van der Waals surface area contributed by atoms with E-state index in [1.165, 1.54) is 5.56 Å². The summed E-state index contributed by atoms with van der Waals surface area (Å²) >= 11 is 3.45. The summed E-state index contributed by atoms with van der Waals surface area (Å²) < 4.78 is 1.09. The van der Waals surface area contributed by atoms with E-state index in [1.807, 2.05) is 30.5 Å². The Kier molecular flexibility index (Phi) is 4.27. The van der Waals surface area contributed by atoms with E-state index < -0.39 is 0 Å². The second-order valence-corrected chi connectivity index (χ2v) is 5.91. The molecule has 0 spiro atoms. The molecule has 21 heavy (non-hydrogen) atoms. The average molecular weight is 342 g/mol. The first-order valence-corrected chi connectivity index (χ1v) is 7.70. The molecule has 3 nitrogen and oxygen atoms in total. The molecule has 0 radical (unpaired) electrons. The summed E-state index contributed by atoms with van der Waals surface area (Å²) in [6.45, 7) is 0.502. The molecular formula is C17H16BrN3. The summed E-state index contributed by atoms with van der Waals surface area (Å²) in [6, 6.07) is 16.5. The van der Waals surface area contributed by atoms with Crippen molar-refractivity contribution in [1.29, 1.82) is 0 Å². The van der Waals surface area contributed by atoms with Crippen molar-refractivity contribution in [2.45, 2.75) is 19.0 Å². The van der Waals surface area contributed by atoms with Crippen LogP contribution in [0.25, 0.3) is 0 Å². The third-order valence-corrected chi connectivity index (χ3v) is 4.02. The number of hydrogen-bond donors (Lipinski definition) is 1. The van der Waals surface area contributed by atoms with Crippen LogP contribution in [0.5, 0.6) is 0 Å². The molecule has 2 N–H and O–H groups in total. The minimum absolute atomic E-state index is 0.104. The van der Waals surface area contributed by atoms with Gasteiger partial charge in [-0.15, -0.1) is 0 Å². The molecule has 1 aliphatic heterocycles. The molecule has 106 valence electrons. The SMILES string of the molecule is NCc1ccccc1C1=NC(Cc2ccc(Br)cc2)C=N1. The van der Waals surface area contributed by atoms with E-state index >= 15 is 0 Å². The number of nitrogens with two attached hydrogens (primary N) is 1. The van der Waals surface area contributed by atoms with Crippen LogP contribution in [0.15, 0.2) is 63.0 Å². The second kappa shape index (κ2) is 6.33. The van der Waals surface area contributed by atoms with E-state index in [-0.39, 0.29) is 6.04 Å². The van der Waals surface area contributed by atoms with Gasteiger partial charge in [0.25, 0.3) is 0 Å². The van der Waals surface area contributed by atoms with Crippen molar-refractivity contribution in [3.63, 3.8) is 0 Å².